The van der Waals surface area contributed by atoms with Crippen LogP contribution in [-0.2, 0) is 10.1 Å². The third-order valence-corrected chi connectivity index (χ3v) is 1.31. The van der Waals surface area contributed by atoms with Crippen LogP contribution in [0.15, 0.2) is 24.3 Å². The van der Waals surface area contributed by atoms with Crippen molar-refractivity contribution in [2.75, 3.05) is 13.4 Å². The summed E-state index contributed by atoms with van der Waals surface area (Å²) < 4.78 is 30.9. The van der Waals surface area contributed by atoms with Gasteiger partial charge in [0.2, 0.25) is 0 Å². The second kappa shape index (κ2) is 5.62. The molecule has 80 valence electrons. The van der Waals surface area contributed by atoms with Crippen molar-refractivity contribution in [3.8, 4) is 5.75 Å². The van der Waals surface area contributed by atoms with Gasteiger partial charge in [-0.2, -0.15) is 8.42 Å². The maximum atomic E-state index is 9.19. The van der Waals surface area contributed by atoms with Gasteiger partial charge in [-0.15, -0.1) is 0 Å². The van der Waals surface area contributed by atoms with Gasteiger partial charge in [-0.25, -0.2) is 0 Å². The van der Waals surface area contributed by atoms with Crippen LogP contribution >= 0.6 is 0 Å². The van der Waals surface area contributed by atoms with Gasteiger partial charge in [0, 0.05) is 0 Å². The largest absolute Gasteiger partial charge is 0.496 e. The van der Waals surface area contributed by atoms with Crippen LogP contribution < -0.4 is 4.74 Å². The first-order valence-electron chi connectivity index (χ1n) is 3.86. The minimum Gasteiger partial charge on any atom is -0.496 e. The van der Waals surface area contributed by atoms with Crippen molar-refractivity contribution in [2.45, 2.75) is 6.92 Å². The Bertz CT molecular complexity index is 362. The van der Waals surface area contributed by atoms with Crippen molar-refractivity contribution in [1.82, 2.24) is 0 Å². The first-order chi connectivity index (χ1) is 6.34. The zero-order chi connectivity index (χ0) is 11.2. The molecule has 0 aliphatic carbocycles. The predicted octanol–water partition coefficient (Wildman–Crippen LogP) is 1.51. The molecule has 0 heterocycles. The van der Waals surface area contributed by atoms with Crippen molar-refractivity contribution in [3.05, 3.63) is 29.8 Å². The molecule has 0 fully saturated rings. The van der Waals surface area contributed by atoms with Crippen LogP contribution in [0.5, 0.6) is 5.75 Å². The van der Waals surface area contributed by atoms with E-state index in [1.165, 1.54) is 5.56 Å². The van der Waals surface area contributed by atoms with E-state index in [-0.39, 0.29) is 0 Å². The van der Waals surface area contributed by atoms with Gasteiger partial charge in [-0.05, 0) is 18.6 Å². The van der Waals surface area contributed by atoms with Crippen LogP contribution in [-0.4, -0.2) is 26.3 Å². The van der Waals surface area contributed by atoms with Crippen LogP contribution in [0.25, 0.3) is 0 Å². The van der Waals surface area contributed by atoms with E-state index in [9.17, 15) is 8.42 Å². The molecule has 0 unspecified atom stereocenters. The summed E-state index contributed by atoms with van der Waals surface area (Å²) in [5, 5.41) is 0. The van der Waals surface area contributed by atoms with Crippen LogP contribution in [0.4, 0.5) is 0 Å². The normalized spacial score (nSPS) is 10.0. The quantitative estimate of drug-likeness (QED) is 0.726. The average Bonchev–Trinajstić information content (AvgIpc) is 2.02. The summed E-state index contributed by atoms with van der Waals surface area (Å²) in [6.07, 6.45) is 0.715. The molecule has 1 aromatic rings. The molecule has 1 N–H and O–H groups in total. The number of aryl methyl sites for hydroxylation is 1. The molecule has 0 saturated carbocycles. The Labute approximate surface area is 84.3 Å². The topological polar surface area (TPSA) is 63.6 Å². The highest BCUT2D eigenvalue weighted by atomic mass is 32.2. The van der Waals surface area contributed by atoms with Crippen LogP contribution in [0, 0.1) is 6.92 Å². The Morgan fingerprint density at radius 1 is 1.29 bits per heavy atom. The maximum Gasteiger partial charge on any atom is 0.261 e. The second-order valence-corrected chi connectivity index (χ2v) is 4.17. The van der Waals surface area contributed by atoms with E-state index < -0.39 is 10.1 Å². The molecule has 0 aromatic heterocycles. The molecule has 0 aliphatic heterocycles. The first kappa shape index (κ1) is 12.9. The Hall–Kier alpha value is -1.07. The van der Waals surface area contributed by atoms with E-state index in [1.54, 1.807) is 7.11 Å². The number of hydrogen-bond acceptors (Lipinski definition) is 3. The Morgan fingerprint density at radius 2 is 1.71 bits per heavy atom. The molecule has 0 aliphatic rings. The molecule has 14 heavy (non-hydrogen) atoms. The van der Waals surface area contributed by atoms with Gasteiger partial charge in [0.25, 0.3) is 10.1 Å². The summed E-state index contributed by atoms with van der Waals surface area (Å²) in [7, 11) is -1.98. The molecule has 0 radical (unpaired) electrons. The van der Waals surface area contributed by atoms with E-state index in [2.05, 4.69) is 0 Å². The lowest BCUT2D eigenvalue weighted by atomic mass is 10.2. The average molecular weight is 218 g/mol. The second-order valence-electron chi connectivity index (χ2n) is 2.70. The van der Waals surface area contributed by atoms with Crippen molar-refractivity contribution in [2.24, 2.45) is 0 Å². The van der Waals surface area contributed by atoms with E-state index in [0.717, 1.165) is 5.75 Å². The van der Waals surface area contributed by atoms with Gasteiger partial charge in [0.05, 0.1) is 13.4 Å². The maximum absolute atomic E-state index is 9.19. The van der Waals surface area contributed by atoms with Crippen molar-refractivity contribution >= 4 is 10.1 Å². The summed E-state index contributed by atoms with van der Waals surface area (Å²) >= 11 is 0. The van der Waals surface area contributed by atoms with Crippen LogP contribution in [0.1, 0.15) is 5.56 Å². The Balaban J connectivity index is 0.000000292. The number of benzene rings is 1. The fourth-order valence-electron chi connectivity index (χ4n) is 0.785. The summed E-state index contributed by atoms with van der Waals surface area (Å²) in [4.78, 5) is 0. The zero-order valence-electron chi connectivity index (χ0n) is 8.39. The lowest BCUT2D eigenvalue weighted by Crippen LogP contribution is -1.88. The third kappa shape index (κ3) is 7.57. The fraction of sp³-hybridized carbons (Fsp3) is 0.333. The monoisotopic (exact) mass is 218 g/mol. The molecule has 1 rings (SSSR count). The van der Waals surface area contributed by atoms with Crippen LogP contribution in [0.3, 0.4) is 0 Å². The zero-order valence-corrected chi connectivity index (χ0v) is 9.21. The third-order valence-electron chi connectivity index (χ3n) is 1.31. The van der Waals surface area contributed by atoms with E-state index in [1.807, 2.05) is 31.2 Å². The molecular formula is C9H14O4S. The first-order valence-corrected chi connectivity index (χ1v) is 5.71. The van der Waals surface area contributed by atoms with Crippen LogP contribution in [0.2, 0.25) is 0 Å². The number of rotatable bonds is 1. The summed E-state index contributed by atoms with van der Waals surface area (Å²) in [5.74, 6) is 0.956. The van der Waals surface area contributed by atoms with Gasteiger partial charge in [-0.3, -0.25) is 4.55 Å². The lowest BCUT2D eigenvalue weighted by molar-refractivity contribution is 0.411. The predicted molar refractivity (Wildman–Crippen MR) is 55.2 cm³/mol. The Morgan fingerprint density at radius 3 is 2.00 bits per heavy atom. The molecule has 0 amide bonds. The SMILES string of the molecule is COc1ccccc1C.CS(=O)(=O)O. The number of hydrogen-bond donors (Lipinski definition) is 1. The summed E-state index contributed by atoms with van der Waals surface area (Å²) in [5.41, 5.74) is 1.18. The highest BCUT2D eigenvalue weighted by Gasteiger charge is 1.90. The van der Waals surface area contributed by atoms with Gasteiger partial charge >= 0.3 is 0 Å². The van der Waals surface area contributed by atoms with Gasteiger partial charge in [0.15, 0.2) is 0 Å². The van der Waals surface area contributed by atoms with Crippen molar-refractivity contribution in [3.63, 3.8) is 0 Å². The van der Waals surface area contributed by atoms with Gasteiger partial charge in [0.1, 0.15) is 5.75 Å². The lowest BCUT2D eigenvalue weighted by Gasteiger charge is -2.00. The number of para-hydroxylation sites is 1. The minimum atomic E-state index is -3.67. The van der Waals surface area contributed by atoms with Crippen molar-refractivity contribution in [1.29, 1.82) is 0 Å². The standard InChI is InChI=1S/C8H10O.CH4O3S/c1-7-5-3-4-6-8(7)9-2;1-5(2,3)4/h3-6H,1-2H3;1H3,(H,2,3,4). The molecule has 5 heteroatoms. The van der Waals surface area contributed by atoms with Gasteiger partial charge in [-0.1, -0.05) is 18.2 Å². The molecule has 0 saturated heterocycles. The highest BCUT2D eigenvalue weighted by Crippen LogP contribution is 2.14. The molecule has 4 nitrogen and oxygen atoms in total. The fourth-order valence-corrected chi connectivity index (χ4v) is 0.785. The van der Waals surface area contributed by atoms with E-state index in [0.29, 0.717) is 6.26 Å². The minimum absolute atomic E-state index is 0.715. The van der Waals surface area contributed by atoms with Crippen molar-refractivity contribution < 1.29 is 17.7 Å². The molecular weight excluding hydrogens is 204 g/mol. The smallest absolute Gasteiger partial charge is 0.261 e. The molecule has 0 spiro atoms. The van der Waals surface area contributed by atoms with Gasteiger partial charge < -0.3 is 4.74 Å². The summed E-state index contributed by atoms with van der Waals surface area (Å²) in [6, 6.07) is 7.94. The summed E-state index contributed by atoms with van der Waals surface area (Å²) in [6.45, 7) is 2.03. The number of ether oxygens (including phenoxy) is 1. The Kier molecular flexibility index (Phi) is 5.19. The molecule has 0 bridgehead atoms. The number of methoxy groups -OCH3 is 1. The molecule has 0 atom stereocenters. The van der Waals surface area contributed by atoms with E-state index >= 15 is 0 Å². The van der Waals surface area contributed by atoms with E-state index in [4.69, 9.17) is 9.29 Å². The highest BCUT2D eigenvalue weighted by molar-refractivity contribution is 7.85. The molecule has 1 aromatic carbocycles.